The van der Waals surface area contributed by atoms with Crippen molar-refractivity contribution >= 4 is 5.97 Å². The molecule has 3 nitrogen and oxygen atoms in total. The second-order valence-corrected chi connectivity index (χ2v) is 6.91. The second-order valence-electron chi connectivity index (χ2n) is 6.91. The number of halogens is 1. The molecule has 0 aromatic heterocycles. The quantitative estimate of drug-likeness (QED) is 0.218. The molecule has 0 aliphatic heterocycles. The monoisotopic (exact) mass is 365 g/mol. The van der Waals surface area contributed by atoms with Crippen LogP contribution in [-0.2, 0) is 16.0 Å². The van der Waals surface area contributed by atoms with Crippen molar-refractivity contribution in [2.24, 2.45) is 0 Å². The van der Waals surface area contributed by atoms with Crippen LogP contribution in [0.5, 0.6) is 0 Å². The number of quaternary nitrogens is 1. The topological polar surface area (TPSA) is 26.3 Å². The molecule has 0 N–H and O–H groups in total. The van der Waals surface area contributed by atoms with Crippen molar-refractivity contribution in [1.29, 1.82) is 0 Å². The third-order valence-corrected chi connectivity index (χ3v) is 5.15. The number of carbonyl (C=O) groups is 1. The first-order valence-electron chi connectivity index (χ1n) is 8.61. The molecule has 1 rings (SSSR count). The van der Waals surface area contributed by atoms with Gasteiger partial charge in [-0.25, -0.2) is 4.79 Å². The van der Waals surface area contributed by atoms with E-state index < -0.39 is 0 Å². The first-order valence-corrected chi connectivity index (χ1v) is 8.61. The molecule has 0 radical (unpaired) electrons. The molecule has 0 saturated carbocycles. The minimum atomic E-state index is -0.332. The van der Waals surface area contributed by atoms with Crippen LogP contribution in [-0.4, -0.2) is 36.3 Å². The first kappa shape index (κ1) is 23.4. The summed E-state index contributed by atoms with van der Waals surface area (Å²) in [7, 11) is 4.24. The summed E-state index contributed by atoms with van der Waals surface area (Å²) >= 11 is 0. The SMILES string of the molecule is C=CC(CC)(Cc1ccccc1)[N+](C)(C)C(CC)OC(=O)C(=C)C.[Cl-]. The second kappa shape index (κ2) is 9.79. The average molecular weight is 366 g/mol. The van der Waals surface area contributed by atoms with Crippen LogP contribution in [0.4, 0.5) is 0 Å². The lowest BCUT2D eigenvalue weighted by atomic mass is 9.84. The summed E-state index contributed by atoms with van der Waals surface area (Å²) in [6.45, 7) is 13.7. The molecule has 140 valence electrons. The summed E-state index contributed by atoms with van der Waals surface area (Å²) in [5, 5.41) is 0. The van der Waals surface area contributed by atoms with Gasteiger partial charge in [0.25, 0.3) is 0 Å². The molecule has 4 heteroatoms. The number of benzene rings is 1. The van der Waals surface area contributed by atoms with Crippen LogP contribution in [0.1, 0.15) is 39.2 Å². The molecule has 0 amide bonds. The molecule has 0 aliphatic rings. The van der Waals surface area contributed by atoms with Crippen molar-refractivity contribution in [2.45, 2.75) is 51.8 Å². The third-order valence-electron chi connectivity index (χ3n) is 5.15. The average Bonchev–Trinajstić information content (AvgIpc) is 2.57. The standard InChI is InChI=1S/C21H32NO2.ClH/c1-8-19(24-20(23)17(4)5)22(6,7)21(9-2,10-3)16-18-14-12-11-13-15-18;/h9,11-15,19H,2,4,8,10,16H2,1,3,5-7H3;1H/q+1;/p-1. The fraction of sp³-hybridized carbons (Fsp3) is 0.476. The van der Waals surface area contributed by atoms with Crippen molar-refractivity contribution in [1.82, 2.24) is 0 Å². The molecule has 0 saturated heterocycles. The van der Waals surface area contributed by atoms with Gasteiger partial charge in [-0.05, 0) is 18.6 Å². The first-order chi connectivity index (χ1) is 11.2. The van der Waals surface area contributed by atoms with Gasteiger partial charge in [0, 0.05) is 24.8 Å². The molecule has 0 aliphatic carbocycles. The van der Waals surface area contributed by atoms with E-state index in [1.165, 1.54) is 5.56 Å². The molecular weight excluding hydrogens is 334 g/mol. The van der Waals surface area contributed by atoms with Gasteiger partial charge in [0.05, 0.1) is 14.1 Å². The maximum absolute atomic E-state index is 12.1. The van der Waals surface area contributed by atoms with Crippen molar-refractivity contribution < 1.29 is 26.4 Å². The zero-order valence-corrected chi connectivity index (χ0v) is 17.0. The van der Waals surface area contributed by atoms with Gasteiger partial charge >= 0.3 is 5.97 Å². The minimum Gasteiger partial charge on any atom is -1.00 e. The highest BCUT2D eigenvalue weighted by atomic mass is 35.5. The van der Waals surface area contributed by atoms with Crippen LogP contribution < -0.4 is 12.4 Å². The fourth-order valence-electron chi connectivity index (χ4n) is 3.32. The minimum absolute atomic E-state index is 0. The molecule has 2 atom stereocenters. The maximum Gasteiger partial charge on any atom is 0.337 e. The summed E-state index contributed by atoms with van der Waals surface area (Å²) in [6, 6.07) is 10.4. The predicted molar refractivity (Wildman–Crippen MR) is 100 cm³/mol. The number of likely N-dealkylation sites (N-methyl/N-ethyl adjacent to an activating group) is 1. The van der Waals surface area contributed by atoms with E-state index in [2.05, 4.69) is 58.4 Å². The third kappa shape index (κ3) is 5.20. The lowest BCUT2D eigenvalue weighted by molar-refractivity contribution is -0.975. The van der Waals surface area contributed by atoms with Gasteiger partial charge < -0.3 is 17.1 Å². The molecule has 2 unspecified atom stereocenters. The van der Waals surface area contributed by atoms with E-state index in [9.17, 15) is 4.79 Å². The predicted octanol–water partition coefficient (Wildman–Crippen LogP) is 1.50. The van der Waals surface area contributed by atoms with E-state index >= 15 is 0 Å². The van der Waals surface area contributed by atoms with Crippen molar-refractivity contribution in [3.63, 3.8) is 0 Å². The van der Waals surface area contributed by atoms with Crippen molar-refractivity contribution in [2.75, 3.05) is 14.1 Å². The maximum atomic E-state index is 12.1. The van der Waals surface area contributed by atoms with Crippen LogP contribution in [0, 0.1) is 0 Å². The molecule has 0 bridgehead atoms. The Balaban J connectivity index is 0.00000576. The van der Waals surface area contributed by atoms with Crippen LogP contribution in [0.3, 0.4) is 0 Å². The summed E-state index contributed by atoms with van der Waals surface area (Å²) in [4.78, 5) is 12.1. The highest BCUT2D eigenvalue weighted by molar-refractivity contribution is 5.87. The van der Waals surface area contributed by atoms with E-state index in [1.54, 1.807) is 6.92 Å². The Morgan fingerprint density at radius 1 is 1.28 bits per heavy atom. The van der Waals surface area contributed by atoms with Crippen LogP contribution >= 0.6 is 0 Å². The summed E-state index contributed by atoms with van der Waals surface area (Å²) < 4.78 is 6.30. The Morgan fingerprint density at radius 3 is 2.24 bits per heavy atom. The van der Waals surface area contributed by atoms with E-state index in [0.717, 1.165) is 19.3 Å². The van der Waals surface area contributed by atoms with Crippen LogP contribution in [0.25, 0.3) is 0 Å². The number of esters is 1. The lowest BCUT2D eigenvalue weighted by Gasteiger charge is -2.50. The van der Waals surface area contributed by atoms with Gasteiger partial charge in [0.2, 0.25) is 6.23 Å². The number of hydrogen-bond donors (Lipinski definition) is 0. The van der Waals surface area contributed by atoms with Gasteiger partial charge in [-0.3, -0.25) is 4.48 Å². The van der Waals surface area contributed by atoms with Gasteiger partial charge in [-0.15, -0.1) is 0 Å². The van der Waals surface area contributed by atoms with Gasteiger partial charge in [0.1, 0.15) is 5.54 Å². The summed E-state index contributed by atoms with van der Waals surface area (Å²) in [6.07, 6.45) is 4.26. The van der Waals surface area contributed by atoms with E-state index in [1.807, 2.05) is 19.1 Å². The molecule has 1 aromatic carbocycles. The van der Waals surface area contributed by atoms with Gasteiger partial charge in [-0.1, -0.05) is 57.3 Å². The number of rotatable bonds is 9. The highest BCUT2D eigenvalue weighted by Crippen LogP contribution is 2.34. The molecular formula is C21H32ClNO2. The lowest BCUT2D eigenvalue weighted by Crippen LogP contribution is -3.00. The van der Waals surface area contributed by atoms with E-state index in [0.29, 0.717) is 10.1 Å². The summed E-state index contributed by atoms with van der Waals surface area (Å²) in [5.74, 6) is -0.332. The largest absolute Gasteiger partial charge is 1.00 e. The Hall–Kier alpha value is -1.58. The number of carbonyl (C=O) groups excluding carboxylic acids is 1. The molecule has 0 spiro atoms. The smallest absolute Gasteiger partial charge is 0.337 e. The molecule has 25 heavy (non-hydrogen) atoms. The Morgan fingerprint density at radius 2 is 1.84 bits per heavy atom. The number of ether oxygens (including phenoxy) is 1. The Bertz CT molecular complexity index is 583. The van der Waals surface area contributed by atoms with E-state index in [4.69, 9.17) is 4.74 Å². The van der Waals surface area contributed by atoms with Crippen LogP contribution in [0.15, 0.2) is 55.1 Å². The Kier molecular flexibility index (Phi) is 9.17. The number of hydrogen-bond acceptors (Lipinski definition) is 2. The Labute approximate surface area is 159 Å². The highest BCUT2D eigenvalue weighted by Gasteiger charge is 2.47. The van der Waals surface area contributed by atoms with Crippen molar-refractivity contribution in [3.8, 4) is 0 Å². The zero-order valence-electron chi connectivity index (χ0n) is 16.2. The molecule has 0 heterocycles. The van der Waals surface area contributed by atoms with Gasteiger partial charge in [-0.2, -0.15) is 0 Å². The summed E-state index contributed by atoms with van der Waals surface area (Å²) in [5.41, 5.74) is 1.46. The van der Waals surface area contributed by atoms with Crippen LogP contribution in [0.2, 0.25) is 0 Å². The van der Waals surface area contributed by atoms with E-state index in [-0.39, 0.29) is 30.1 Å². The zero-order chi connectivity index (χ0) is 18.4. The fourth-order valence-corrected chi connectivity index (χ4v) is 3.32. The molecule has 1 aromatic rings. The normalized spacial score (nSPS) is 14.6. The molecule has 0 fully saturated rings. The van der Waals surface area contributed by atoms with Crippen molar-refractivity contribution in [3.05, 3.63) is 60.7 Å². The van der Waals surface area contributed by atoms with Gasteiger partial charge in [0.15, 0.2) is 0 Å². The number of nitrogens with zero attached hydrogens (tertiary/aromatic N) is 1.